The van der Waals surface area contributed by atoms with E-state index in [1.165, 1.54) is 0 Å². The molecule has 5 nitrogen and oxygen atoms in total. The minimum Gasteiger partial charge on any atom is -0.380 e. The van der Waals surface area contributed by atoms with Crippen LogP contribution in [-0.4, -0.2) is 45.0 Å². The Kier molecular flexibility index (Phi) is 8.07. The van der Waals surface area contributed by atoms with E-state index in [9.17, 15) is 8.42 Å². The minimum atomic E-state index is -3.83. The molecule has 0 aromatic heterocycles. The van der Waals surface area contributed by atoms with Gasteiger partial charge in [-0.1, -0.05) is 13.3 Å². The molecule has 0 aromatic carbocycles. The van der Waals surface area contributed by atoms with E-state index < -0.39 is 10.1 Å². The van der Waals surface area contributed by atoms with Gasteiger partial charge in [0.25, 0.3) is 10.1 Å². The third-order valence-corrected chi connectivity index (χ3v) is 2.32. The Bertz CT molecular complexity index is 215. The molecule has 0 spiro atoms. The van der Waals surface area contributed by atoms with Crippen molar-refractivity contribution in [2.24, 2.45) is 0 Å². The molecular weight excluding hydrogens is 206 g/mol. The molecule has 0 saturated carbocycles. The fourth-order valence-corrected chi connectivity index (χ4v) is 1.22. The number of unbranched alkanes of at least 4 members (excludes halogenated alkanes) is 1. The highest BCUT2D eigenvalue weighted by atomic mass is 32.2. The maximum absolute atomic E-state index is 10.3. The second-order valence-electron chi connectivity index (χ2n) is 3.00. The Balaban J connectivity index is 3.07. The van der Waals surface area contributed by atoms with Crippen LogP contribution in [0.4, 0.5) is 0 Å². The number of hydrogen-bond donors (Lipinski definition) is 2. The number of hydrogen-bond acceptors (Lipinski definition) is 4. The Morgan fingerprint density at radius 1 is 1.29 bits per heavy atom. The van der Waals surface area contributed by atoms with Gasteiger partial charge >= 0.3 is 0 Å². The van der Waals surface area contributed by atoms with Gasteiger partial charge in [0.1, 0.15) is 0 Å². The van der Waals surface area contributed by atoms with E-state index in [4.69, 9.17) is 9.29 Å². The summed E-state index contributed by atoms with van der Waals surface area (Å²) in [6.45, 7) is 4.28. The lowest BCUT2D eigenvalue weighted by Gasteiger charge is -2.04. The van der Waals surface area contributed by atoms with Gasteiger partial charge in [-0.2, -0.15) is 8.42 Å². The van der Waals surface area contributed by atoms with E-state index in [0.29, 0.717) is 13.2 Å². The second kappa shape index (κ2) is 8.16. The molecule has 0 unspecified atom stereocenters. The Hall–Kier alpha value is -0.170. The average Bonchev–Trinajstić information content (AvgIpc) is 2.08. The number of rotatable bonds is 9. The summed E-state index contributed by atoms with van der Waals surface area (Å²) in [5.41, 5.74) is 0. The third-order valence-electron chi connectivity index (χ3n) is 1.60. The van der Waals surface area contributed by atoms with Crippen molar-refractivity contribution in [2.75, 3.05) is 32.1 Å². The molecule has 0 saturated heterocycles. The second-order valence-corrected chi connectivity index (χ2v) is 4.57. The molecule has 6 heteroatoms. The van der Waals surface area contributed by atoms with Gasteiger partial charge in [0.05, 0.1) is 12.4 Å². The highest BCUT2D eigenvalue weighted by Gasteiger charge is 2.01. The van der Waals surface area contributed by atoms with Crippen LogP contribution in [0.3, 0.4) is 0 Å². The van der Waals surface area contributed by atoms with Crippen molar-refractivity contribution in [3.05, 3.63) is 0 Å². The molecule has 0 aliphatic carbocycles. The fourth-order valence-electron chi connectivity index (χ4n) is 0.819. The molecular formula is C8H19NO4S. The van der Waals surface area contributed by atoms with Crippen LogP contribution in [-0.2, 0) is 14.9 Å². The zero-order chi connectivity index (χ0) is 10.9. The molecule has 0 aliphatic heterocycles. The summed E-state index contributed by atoms with van der Waals surface area (Å²) in [6, 6.07) is 0. The first-order chi connectivity index (χ1) is 6.56. The molecule has 0 atom stereocenters. The summed E-state index contributed by atoms with van der Waals surface area (Å²) in [6.07, 6.45) is 2.15. The third kappa shape index (κ3) is 11.8. The topological polar surface area (TPSA) is 75.6 Å². The lowest BCUT2D eigenvalue weighted by Crippen LogP contribution is -2.26. The zero-order valence-corrected chi connectivity index (χ0v) is 9.35. The zero-order valence-electron chi connectivity index (χ0n) is 8.53. The molecule has 14 heavy (non-hydrogen) atoms. The Labute approximate surface area is 85.6 Å². The van der Waals surface area contributed by atoms with Crippen LogP contribution in [0.2, 0.25) is 0 Å². The number of nitrogens with one attached hydrogen (secondary N) is 1. The van der Waals surface area contributed by atoms with Gasteiger partial charge in [-0.3, -0.25) is 4.55 Å². The Morgan fingerprint density at radius 3 is 2.57 bits per heavy atom. The van der Waals surface area contributed by atoms with Gasteiger partial charge in [-0.05, 0) is 6.42 Å². The van der Waals surface area contributed by atoms with Crippen LogP contribution >= 0.6 is 0 Å². The molecule has 0 amide bonds. The van der Waals surface area contributed by atoms with Gasteiger partial charge in [0.2, 0.25) is 0 Å². The van der Waals surface area contributed by atoms with Crippen molar-refractivity contribution >= 4 is 10.1 Å². The summed E-state index contributed by atoms with van der Waals surface area (Å²) < 4.78 is 34.2. The van der Waals surface area contributed by atoms with Gasteiger partial charge in [-0.15, -0.1) is 0 Å². The maximum Gasteiger partial charge on any atom is 0.266 e. The normalized spacial score (nSPS) is 11.9. The van der Waals surface area contributed by atoms with Crippen LogP contribution in [0.5, 0.6) is 0 Å². The van der Waals surface area contributed by atoms with Crippen LogP contribution in [0.1, 0.15) is 19.8 Å². The van der Waals surface area contributed by atoms with E-state index in [2.05, 4.69) is 12.2 Å². The standard InChI is InChI=1S/C8H19NO4S/c1-2-3-6-13-7-4-9-5-8-14(10,11)12/h9H,2-8H2,1H3,(H,10,11,12). The van der Waals surface area contributed by atoms with Gasteiger partial charge in [0.15, 0.2) is 0 Å². The largest absolute Gasteiger partial charge is 0.380 e. The summed E-state index contributed by atoms with van der Waals surface area (Å²) in [5, 5.41) is 2.85. The SMILES string of the molecule is CCCCOCCNCCS(=O)(=O)O. The molecule has 0 radical (unpaired) electrons. The molecule has 0 aromatic rings. The predicted octanol–water partition coefficient (Wildman–Crippen LogP) is 0.281. The van der Waals surface area contributed by atoms with Gasteiger partial charge < -0.3 is 10.1 Å². The number of ether oxygens (including phenoxy) is 1. The van der Waals surface area contributed by atoms with Crippen LogP contribution in [0, 0.1) is 0 Å². The van der Waals surface area contributed by atoms with Crippen molar-refractivity contribution in [3.63, 3.8) is 0 Å². The summed E-state index contributed by atoms with van der Waals surface area (Å²) in [7, 11) is -3.83. The summed E-state index contributed by atoms with van der Waals surface area (Å²) in [4.78, 5) is 0. The van der Waals surface area contributed by atoms with Gasteiger partial charge in [0, 0.05) is 19.7 Å². The molecule has 0 bridgehead atoms. The van der Waals surface area contributed by atoms with Crippen molar-refractivity contribution in [1.29, 1.82) is 0 Å². The van der Waals surface area contributed by atoms with Crippen LogP contribution < -0.4 is 5.32 Å². The van der Waals surface area contributed by atoms with Crippen LogP contribution in [0.15, 0.2) is 0 Å². The Morgan fingerprint density at radius 2 is 2.00 bits per heavy atom. The fraction of sp³-hybridized carbons (Fsp3) is 1.00. The van der Waals surface area contributed by atoms with E-state index in [0.717, 1.165) is 19.4 Å². The quantitative estimate of drug-likeness (QED) is 0.435. The van der Waals surface area contributed by atoms with Crippen molar-refractivity contribution in [3.8, 4) is 0 Å². The molecule has 0 rings (SSSR count). The van der Waals surface area contributed by atoms with Crippen LogP contribution in [0.25, 0.3) is 0 Å². The first-order valence-electron chi connectivity index (χ1n) is 4.80. The maximum atomic E-state index is 10.3. The first-order valence-corrected chi connectivity index (χ1v) is 6.41. The van der Waals surface area contributed by atoms with E-state index in [1.54, 1.807) is 0 Å². The predicted molar refractivity (Wildman–Crippen MR) is 55.0 cm³/mol. The smallest absolute Gasteiger partial charge is 0.266 e. The van der Waals surface area contributed by atoms with Crippen molar-refractivity contribution in [2.45, 2.75) is 19.8 Å². The summed E-state index contributed by atoms with van der Waals surface area (Å²) >= 11 is 0. The van der Waals surface area contributed by atoms with E-state index in [-0.39, 0.29) is 12.3 Å². The first kappa shape index (κ1) is 13.8. The minimum absolute atomic E-state index is 0.248. The van der Waals surface area contributed by atoms with E-state index >= 15 is 0 Å². The highest BCUT2D eigenvalue weighted by molar-refractivity contribution is 7.85. The molecule has 86 valence electrons. The van der Waals surface area contributed by atoms with E-state index in [1.807, 2.05) is 0 Å². The van der Waals surface area contributed by atoms with Crippen molar-refractivity contribution in [1.82, 2.24) is 5.32 Å². The molecule has 0 heterocycles. The average molecular weight is 225 g/mol. The lowest BCUT2D eigenvalue weighted by molar-refractivity contribution is 0.133. The molecule has 0 aliphatic rings. The molecule has 2 N–H and O–H groups in total. The highest BCUT2D eigenvalue weighted by Crippen LogP contribution is 1.86. The molecule has 0 fully saturated rings. The van der Waals surface area contributed by atoms with Crippen molar-refractivity contribution < 1.29 is 17.7 Å². The monoisotopic (exact) mass is 225 g/mol. The lowest BCUT2D eigenvalue weighted by atomic mass is 10.4. The van der Waals surface area contributed by atoms with Gasteiger partial charge in [-0.25, -0.2) is 0 Å². The summed E-state index contributed by atoms with van der Waals surface area (Å²) in [5.74, 6) is -0.248.